The van der Waals surface area contributed by atoms with Crippen molar-refractivity contribution in [3.8, 4) is 0 Å². The van der Waals surface area contributed by atoms with Gasteiger partial charge >= 0.3 is 0 Å². The minimum atomic E-state index is -0.0967. The highest BCUT2D eigenvalue weighted by Gasteiger charge is 2.11. The standard InChI is InChI=1S/C16H18N2O/c1-11-4-7-14(8-5-11)13(3)18-16(19)15-9-6-12(2)17-10-15/h4-10,13H,1-3H3,(H,18,19). The first-order valence-electron chi connectivity index (χ1n) is 6.36. The zero-order valence-electron chi connectivity index (χ0n) is 11.5. The van der Waals surface area contributed by atoms with Gasteiger partial charge in [0.2, 0.25) is 0 Å². The first kappa shape index (κ1) is 13.3. The van der Waals surface area contributed by atoms with Gasteiger partial charge in [0.1, 0.15) is 0 Å². The fourth-order valence-corrected chi connectivity index (χ4v) is 1.82. The number of carbonyl (C=O) groups is 1. The van der Waals surface area contributed by atoms with Crippen LogP contribution in [0.15, 0.2) is 42.6 Å². The molecule has 1 unspecified atom stereocenters. The highest BCUT2D eigenvalue weighted by Crippen LogP contribution is 2.13. The van der Waals surface area contributed by atoms with Gasteiger partial charge in [-0.15, -0.1) is 0 Å². The summed E-state index contributed by atoms with van der Waals surface area (Å²) in [5, 5.41) is 2.97. The van der Waals surface area contributed by atoms with Crippen LogP contribution in [0.3, 0.4) is 0 Å². The van der Waals surface area contributed by atoms with Crippen LogP contribution in [-0.4, -0.2) is 10.9 Å². The van der Waals surface area contributed by atoms with Crippen LogP contribution in [0.5, 0.6) is 0 Å². The van der Waals surface area contributed by atoms with Gasteiger partial charge in [0.15, 0.2) is 0 Å². The molecule has 0 spiro atoms. The molecule has 0 aliphatic carbocycles. The minimum Gasteiger partial charge on any atom is -0.345 e. The van der Waals surface area contributed by atoms with Gasteiger partial charge < -0.3 is 5.32 Å². The monoisotopic (exact) mass is 254 g/mol. The van der Waals surface area contributed by atoms with E-state index in [4.69, 9.17) is 0 Å². The molecule has 1 atom stereocenters. The summed E-state index contributed by atoms with van der Waals surface area (Å²) < 4.78 is 0. The molecule has 3 heteroatoms. The highest BCUT2D eigenvalue weighted by molar-refractivity contribution is 5.94. The first-order chi connectivity index (χ1) is 9.06. The van der Waals surface area contributed by atoms with Gasteiger partial charge in [-0.1, -0.05) is 29.8 Å². The number of aromatic nitrogens is 1. The molecule has 0 bridgehead atoms. The number of benzene rings is 1. The predicted molar refractivity (Wildman–Crippen MR) is 76.0 cm³/mol. The fourth-order valence-electron chi connectivity index (χ4n) is 1.82. The second kappa shape index (κ2) is 5.65. The lowest BCUT2D eigenvalue weighted by molar-refractivity contribution is 0.0939. The Morgan fingerprint density at radius 3 is 2.37 bits per heavy atom. The Bertz CT molecular complexity index is 558. The van der Waals surface area contributed by atoms with E-state index in [1.54, 1.807) is 12.3 Å². The Hall–Kier alpha value is -2.16. The molecule has 2 aromatic rings. The molecule has 1 aromatic carbocycles. The van der Waals surface area contributed by atoms with Gasteiger partial charge in [-0.3, -0.25) is 9.78 Å². The van der Waals surface area contributed by atoms with E-state index in [-0.39, 0.29) is 11.9 Å². The van der Waals surface area contributed by atoms with E-state index in [0.717, 1.165) is 11.3 Å². The van der Waals surface area contributed by atoms with Crippen molar-refractivity contribution in [2.24, 2.45) is 0 Å². The third kappa shape index (κ3) is 3.41. The van der Waals surface area contributed by atoms with Gasteiger partial charge in [-0.05, 0) is 38.5 Å². The van der Waals surface area contributed by atoms with Crippen LogP contribution in [0, 0.1) is 13.8 Å². The second-order valence-electron chi connectivity index (χ2n) is 4.79. The molecule has 1 heterocycles. The van der Waals surface area contributed by atoms with Gasteiger partial charge in [0.05, 0.1) is 11.6 Å². The molecule has 0 fully saturated rings. The lowest BCUT2D eigenvalue weighted by atomic mass is 10.1. The van der Waals surface area contributed by atoms with Crippen molar-refractivity contribution in [2.45, 2.75) is 26.8 Å². The van der Waals surface area contributed by atoms with E-state index in [1.807, 2.05) is 51.1 Å². The summed E-state index contributed by atoms with van der Waals surface area (Å²) in [4.78, 5) is 16.2. The van der Waals surface area contributed by atoms with Crippen molar-refractivity contribution in [3.05, 3.63) is 65.0 Å². The lowest BCUT2D eigenvalue weighted by Gasteiger charge is -2.14. The molecular weight excluding hydrogens is 236 g/mol. The zero-order valence-corrected chi connectivity index (χ0v) is 11.5. The van der Waals surface area contributed by atoms with Crippen molar-refractivity contribution in [3.63, 3.8) is 0 Å². The van der Waals surface area contributed by atoms with Crippen LogP contribution in [0.2, 0.25) is 0 Å². The average Bonchev–Trinajstić information content (AvgIpc) is 2.40. The third-order valence-electron chi connectivity index (χ3n) is 3.10. The molecule has 1 amide bonds. The smallest absolute Gasteiger partial charge is 0.253 e. The normalized spacial score (nSPS) is 11.9. The van der Waals surface area contributed by atoms with Crippen LogP contribution in [0.25, 0.3) is 0 Å². The van der Waals surface area contributed by atoms with Crippen LogP contribution < -0.4 is 5.32 Å². The Kier molecular flexibility index (Phi) is 3.95. The number of rotatable bonds is 3. The largest absolute Gasteiger partial charge is 0.345 e. The van der Waals surface area contributed by atoms with Crippen molar-refractivity contribution in [1.82, 2.24) is 10.3 Å². The minimum absolute atomic E-state index is 0.0191. The van der Waals surface area contributed by atoms with E-state index >= 15 is 0 Å². The Morgan fingerprint density at radius 2 is 1.79 bits per heavy atom. The number of aryl methyl sites for hydroxylation is 2. The van der Waals surface area contributed by atoms with Crippen LogP contribution in [0.4, 0.5) is 0 Å². The zero-order chi connectivity index (χ0) is 13.8. The maximum atomic E-state index is 12.1. The average molecular weight is 254 g/mol. The summed E-state index contributed by atoms with van der Waals surface area (Å²) >= 11 is 0. The SMILES string of the molecule is Cc1ccc(C(C)NC(=O)c2ccc(C)nc2)cc1. The lowest BCUT2D eigenvalue weighted by Crippen LogP contribution is -2.26. The van der Waals surface area contributed by atoms with Crippen LogP contribution >= 0.6 is 0 Å². The number of hydrogen-bond donors (Lipinski definition) is 1. The summed E-state index contributed by atoms with van der Waals surface area (Å²) in [5.74, 6) is -0.0967. The Labute approximate surface area is 113 Å². The molecule has 0 radical (unpaired) electrons. The number of carbonyl (C=O) groups excluding carboxylic acids is 1. The van der Waals surface area contributed by atoms with Gasteiger partial charge in [-0.25, -0.2) is 0 Å². The number of nitrogens with one attached hydrogen (secondary N) is 1. The van der Waals surface area contributed by atoms with E-state index in [1.165, 1.54) is 5.56 Å². The topological polar surface area (TPSA) is 42.0 Å². The maximum absolute atomic E-state index is 12.1. The number of pyridine rings is 1. The van der Waals surface area contributed by atoms with Crippen molar-refractivity contribution < 1.29 is 4.79 Å². The fraction of sp³-hybridized carbons (Fsp3) is 0.250. The molecule has 2 rings (SSSR count). The number of amides is 1. The van der Waals surface area contributed by atoms with Gasteiger partial charge in [0.25, 0.3) is 5.91 Å². The van der Waals surface area contributed by atoms with Crippen molar-refractivity contribution in [2.75, 3.05) is 0 Å². The first-order valence-corrected chi connectivity index (χ1v) is 6.36. The van der Waals surface area contributed by atoms with Crippen molar-refractivity contribution in [1.29, 1.82) is 0 Å². The molecule has 0 aliphatic heterocycles. The number of hydrogen-bond acceptors (Lipinski definition) is 2. The molecule has 19 heavy (non-hydrogen) atoms. The Morgan fingerprint density at radius 1 is 1.11 bits per heavy atom. The van der Waals surface area contributed by atoms with E-state index < -0.39 is 0 Å². The molecule has 98 valence electrons. The summed E-state index contributed by atoms with van der Waals surface area (Å²) in [6.07, 6.45) is 1.60. The molecule has 0 saturated carbocycles. The van der Waals surface area contributed by atoms with E-state index in [0.29, 0.717) is 5.56 Å². The van der Waals surface area contributed by atoms with Crippen molar-refractivity contribution >= 4 is 5.91 Å². The van der Waals surface area contributed by atoms with Gasteiger partial charge in [0, 0.05) is 11.9 Å². The third-order valence-corrected chi connectivity index (χ3v) is 3.10. The molecular formula is C16H18N2O. The van der Waals surface area contributed by atoms with Gasteiger partial charge in [-0.2, -0.15) is 0 Å². The molecule has 1 aromatic heterocycles. The van der Waals surface area contributed by atoms with E-state index in [9.17, 15) is 4.79 Å². The Balaban J connectivity index is 2.06. The summed E-state index contributed by atoms with van der Waals surface area (Å²) in [6, 6.07) is 11.8. The van der Waals surface area contributed by atoms with Crippen LogP contribution in [0.1, 0.15) is 40.1 Å². The predicted octanol–water partition coefficient (Wildman–Crippen LogP) is 3.19. The summed E-state index contributed by atoms with van der Waals surface area (Å²) in [6.45, 7) is 5.92. The van der Waals surface area contributed by atoms with E-state index in [2.05, 4.69) is 10.3 Å². The maximum Gasteiger partial charge on any atom is 0.253 e. The summed E-state index contributed by atoms with van der Waals surface area (Å²) in [5.41, 5.74) is 3.80. The summed E-state index contributed by atoms with van der Waals surface area (Å²) in [7, 11) is 0. The van der Waals surface area contributed by atoms with Crippen LogP contribution in [-0.2, 0) is 0 Å². The highest BCUT2D eigenvalue weighted by atomic mass is 16.1. The molecule has 1 N–H and O–H groups in total. The quantitative estimate of drug-likeness (QED) is 0.914. The number of nitrogens with zero attached hydrogens (tertiary/aromatic N) is 1. The molecule has 3 nitrogen and oxygen atoms in total. The molecule has 0 aliphatic rings. The second-order valence-corrected chi connectivity index (χ2v) is 4.79. The molecule has 0 saturated heterocycles.